The Morgan fingerprint density at radius 2 is 1.88 bits per heavy atom. The molecule has 0 aliphatic carbocycles. The van der Waals surface area contributed by atoms with E-state index in [4.69, 9.17) is 17.2 Å². The van der Waals surface area contributed by atoms with Crippen LogP contribution in [0.5, 0.6) is 0 Å². The number of rotatable bonds is 5. The number of hydrogen-bond donors (Lipinski definition) is 3. The summed E-state index contributed by atoms with van der Waals surface area (Å²) in [4.78, 5) is 29.8. The molecular weight excluding hydrogens is 350 g/mol. The molecule has 2 aromatic rings. The van der Waals surface area contributed by atoms with Crippen molar-refractivity contribution in [3.63, 3.8) is 0 Å². The summed E-state index contributed by atoms with van der Waals surface area (Å²) in [6.45, 7) is 1.08. The summed E-state index contributed by atoms with van der Waals surface area (Å²) in [5, 5.41) is 2.54. The molecule has 0 spiro atoms. The van der Waals surface area contributed by atoms with Gasteiger partial charge in [-0.05, 0) is 18.4 Å². The molecule has 7 nitrogen and oxygen atoms in total. The topological polar surface area (TPSA) is 128 Å². The summed E-state index contributed by atoms with van der Waals surface area (Å²) < 4.78 is 0. The zero-order valence-electron chi connectivity index (χ0n) is 14.4. The third-order valence-corrected chi connectivity index (χ3v) is 5.68. The Morgan fingerprint density at radius 1 is 1.23 bits per heavy atom. The second-order valence-electron chi connectivity index (χ2n) is 6.62. The van der Waals surface area contributed by atoms with Crippen LogP contribution in [-0.4, -0.2) is 40.8 Å². The fraction of sp³-hybridized carbons (Fsp3) is 0.389. The van der Waals surface area contributed by atoms with Gasteiger partial charge in [-0.1, -0.05) is 30.3 Å². The predicted octanol–water partition coefficient (Wildman–Crippen LogP) is 0.836. The van der Waals surface area contributed by atoms with Crippen LogP contribution in [0.15, 0.2) is 35.7 Å². The molecule has 26 heavy (non-hydrogen) atoms. The van der Waals surface area contributed by atoms with E-state index < -0.39 is 11.9 Å². The van der Waals surface area contributed by atoms with E-state index in [0.717, 1.165) is 18.5 Å². The summed E-state index contributed by atoms with van der Waals surface area (Å²) in [6.07, 6.45) is 1.30. The predicted molar refractivity (Wildman–Crippen MR) is 101 cm³/mol. The molecule has 6 N–H and O–H groups in total. The van der Waals surface area contributed by atoms with E-state index in [1.807, 2.05) is 23.6 Å². The lowest BCUT2D eigenvalue weighted by molar-refractivity contribution is -0.136. The van der Waals surface area contributed by atoms with Crippen LogP contribution in [0.2, 0.25) is 0 Å². The number of nitrogens with zero attached hydrogens (tertiary/aromatic N) is 2. The third-order valence-electron chi connectivity index (χ3n) is 5.01. The molecule has 1 aliphatic rings. The Labute approximate surface area is 156 Å². The van der Waals surface area contributed by atoms with Crippen molar-refractivity contribution in [2.75, 3.05) is 18.8 Å². The van der Waals surface area contributed by atoms with E-state index in [9.17, 15) is 9.59 Å². The number of likely N-dealkylation sites (tertiary alicyclic amines) is 1. The van der Waals surface area contributed by atoms with Crippen LogP contribution >= 0.6 is 11.3 Å². The standard InChI is InChI=1S/C18H23N5O2S/c19-13(10-15(20)24)16(25)23-8-6-18(7-9-23,12-4-2-1-3-5-12)14-11-26-17(21)22-14/h1-5,11,13H,6-10,19H2,(H2,20,24)(H2,21,22)/t13-/m1/s1. The Morgan fingerprint density at radius 3 is 2.42 bits per heavy atom. The molecule has 1 saturated heterocycles. The van der Waals surface area contributed by atoms with Crippen LogP contribution in [0.4, 0.5) is 5.13 Å². The first-order valence-corrected chi connectivity index (χ1v) is 9.40. The lowest BCUT2D eigenvalue weighted by Gasteiger charge is -2.42. The van der Waals surface area contributed by atoms with Gasteiger partial charge in [0.25, 0.3) is 0 Å². The normalized spacial score (nSPS) is 17.7. The SMILES string of the molecule is NC(=O)C[C@@H](N)C(=O)N1CCC(c2ccccc2)(c2csc(N)n2)CC1. The number of amides is 2. The second-order valence-corrected chi connectivity index (χ2v) is 7.51. The molecule has 1 fully saturated rings. The van der Waals surface area contributed by atoms with E-state index in [1.54, 1.807) is 4.90 Å². The molecule has 138 valence electrons. The summed E-state index contributed by atoms with van der Waals surface area (Å²) in [5.74, 6) is -0.803. The number of carbonyl (C=O) groups is 2. The van der Waals surface area contributed by atoms with Gasteiger partial charge in [-0.2, -0.15) is 0 Å². The summed E-state index contributed by atoms with van der Waals surface area (Å²) in [7, 11) is 0. The molecule has 1 aromatic carbocycles. The number of aromatic nitrogens is 1. The van der Waals surface area contributed by atoms with E-state index >= 15 is 0 Å². The van der Waals surface area contributed by atoms with Crippen molar-refractivity contribution in [2.45, 2.75) is 30.7 Å². The van der Waals surface area contributed by atoms with Gasteiger partial charge >= 0.3 is 0 Å². The van der Waals surface area contributed by atoms with Crippen LogP contribution < -0.4 is 17.2 Å². The third kappa shape index (κ3) is 3.56. The average Bonchev–Trinajstić information content (AvgIpc) is 3.08. The highest BCUT2D eigenvalue weighted by atomic mass is 32.1. The van der Waals surface area contributed by atoms with Crippen LogP contribution in [-0.2, 0) is 15.0 Å². The fourth-order valence-corrected chi connectivity index (χ4v) is 4.27. The monoisotopic (exact) mass is 373 g/mol. The second kappa shape index (κ2) is 7.43. The average molecular weight is 373 g/mol. The minimum absolute atomic E-state index is 0.137. The molecule has 0 radical (unpaired) electrons. The number of nitrogens with two attached hydrogens (primary N) is 3. The summed E-state index contributed by atoms with van der Waals surface area (Å²) >= 11 is 1.42. The minimum Gasteiger partial charge on any atom is -0.375 e. The summed E-state index contributed by atoms with van der Waals surface area (Å²) in [5.41, 5.74) is 18.7. The molecule has 8 heteroatoms. The first-order valence-electron chi connectivity index (χ1n) is 8.52. The molecule has 2 heterocycles. The first-order chi connectivity index (χ1) is 12.4. The molecule has 3 rings (SSSR count). The molecule has 0 unspecified atom stereocenters. The maximum atomic E-state index is 12.5. The van der Waals surface area contributed by atoms with E-state index in [2.05, 4.69) is 17.1 Å². The van der Waals surface area contributed by atoms with Gasteiger partial charge in [0.2, 0.25) is 11.8 Å². The van der Waals surface area contributed by atoms with Crippen molar-refractivity contribution < 1.29 is 9.59 Å². The molecule has 0 saturated carbocycles. The van der Waals surface area contributed by atoms with Crippen molar-refractivity contribution in [3.05, 3.63) is 47.0 Å². The van der Waals surface area contributed by atoms with Gasteiger partial charge in [-0.3, -0.25) is 9.59 Å². The quantitative estimate of drug-likeness (QED) is 0.715. The van der Waals surface area contributed by atoms with Gasteiger partial charge < -0.3 is 22.1 Å². The Balaban J connectivity index is 1.82. The molecule has 1 atom stereocenters. The first kappa shape index (κ1) is 18.3. The van der Waals surface area contributed by atoms with Gasteiger partial charge in [-0.15, -0.1) is 11.3 Å². The lowest BCUT2D eigenvalue weighted by Crippen LogP contribution is -2.51. The Hall–Kier alpha value is -2.45. The van der Waals surface area contributed by atoms with Gasteiger partial charge in [0.1, 0.15) is 0 Å². The largest absolute Gasteiger partial charge is 0.375 e. The maximum Gasteiger partial charge on any atom is 0.240 e. The van der Waals surface area contributed by atoms with Crippen LogP contribution in [0.3, 0.4) is 0 Å². The van der Waals surface area contributed by atoms with Gasteiger partial charge in [0, 0.05) is 23.9 Å². The smallest absolute Gasteiger partial charge is 0.240 e. The zero-order chi connectivity index (χ0) is 18.7. The summed E-state index contributed by atoms with van der Waals surface area (Å²) in [6, 6.07) is 9.29. The number of anilines is 1. The number of piperidine rings is 1. The molecular formula is C18H23N5O2S. The maximum absolute atomic E-state index is 12.5. The molecule has 0 bridgehead atoms. The van der Waals surface area contributed by atoms with E-state index in [-0.39, 0.29) is 17.7 Å². The van der Waals surface area contributed by atoms with Gasteiger partial charge in [-0.25, -0.2) is 4.98 Å². The van der Waals surface area contributed by atoms with E-state index in [0.29, 0.717) is 18.2 Å². The van der Waals surface area contributed by atoms with E-state index in [1.165, 1.54) is 16.9 Å². The van der Waals surface area contributed by atoms with Crippen LogP contribution in [0, 0.1) is 0 Å². The van der Waals surface area contributed by atoms with Gasteiger partial charge in [0.05, 0.1) is 18.2 Å². The fourth-order valence-electron chi connectivity index (χ4n) is 3.60. The highest BCUT2D eigenvalue weighted by molar-refractivity contribution is 7.13. The van der Waals surface area contributed by atoms with Crippen molar-refractivity contribution in [2.24, 2.45) is 11.5 Å². The zero-order valence-corrected chi connectivity index (χ0v) is 15.2. The van der Waals surface area contributed by atoms with Crippen molar-refractivity contribution in [3.8, 4) is 0 Å². The van der Waals surface area contributed by atoms with Crippen molar-refractivity contribution >= 4 is 28.3 Å². The van der Waals surface area contributed by atoms with Crippen LogP contribution in [0.25, 0.3) is 0 Å². The van der Waals surface area contributed by atoms with Crippen LogP contribution in [0.1, 0.15) is 30.5 Å². The molecule has 1 aliphatic heterocycles. The number of primary amides is 1. The lowest BCUT2D eigenvalue weighted by atomic mass is 9.70. The van der Waals surface area contributed by atoms with Gasteiger partial charge in [0.15, 0.2) is 5.13 Å². The molecule has 2 amide bonds. The minimum atomic E-state index is -0.883. The number of benzene rings is 1. The number of thiazole rings is 1. The van der Waals surface area contributed by atoms with Crippen molar-refractivity contribution in [1.82, 2.24) is 9.88 Å². The Bertz CT molecular complexity index is 784. The molecule has 1 aromatic heterocycles. The number of carbonyl (C=O) groups excluding carboxylic acids is 2. The number of hydrogen-bond acceptors (Lipinski definition) is 6. The highest BCUT2D eigenvalue weighted by Gasteiger charge is 2.41. The van der Waals surface area contributed by atoms with Crippen molar-refractivity contribution in [1.29, 1.82) is 0 Å². The Kier molecular flexibility index (Phi) is 5.24. The highest BCUT2D eigenvalue weighted by Crippen LogP contribution is 2.42. The number of nitrogen functional groups attached to an aromatic ring is 1.